The number of nitrogens with zero attached hydrogens (tertiary/aromatic N) is 5. The Morgan fingerprint density at radius 1 is 1.26 bits per heavy atom. The van der Waals surface area contributed by atoms with Crippen molar-refractivity contribution in [3.05, 3.63) is 18.0 Å². The van der Waals surface area contributed by atoms with E-state index in [4.69, 9.17) is 0 Å². The molecule has 0 radical (unpaired) electrons. The molecule has 1 saturated carbocycles. The third-order valence-corrected chi connectivity index (χ3v) is 6.13. The Hall–Kier alpha value is -1.60. The van der Waals surface area contributed by atoms with Crippen molar-refractivity contribution < 1.29 is 0 Å². The number of likely N-dealkylation sites (tertiary alicyclic amines) is 1. The van der Waals surface area contributed by atoms with E-state index in [0.29, 0.717) is 6.04 Å². The average Bonchev–Trinajstić information content (AvgIpc) is 3.33. The lowest BCUT2D eigenvalue weighted by atomic mass is 10.0. The van der Waals surface area contributed by atoms with E-state index in [1.54, 1.807) is 0 Å². The molecule has 1 saturated heterocycles. The Bertz CT molecular complexity index is 595. The van der Waals surface area contributed by atoms with Crippen LogP contribution in [-0.2, 0) is 7.05 Å². The monoisotopic (exact) mass is 375 g/mol. The van der Waals surface area contributed by atoms with Crippen LogP contribution in [0.15, 0.2) is 17.4 Å². The van der Waals surface area contributed by atoms with Gasteiger partial charge >= 0.3 is 0 Å². The van der Waals surface area contributed by atoms with Crippen LogP contribution in [0.3, 0.4) is 0 Å². The molecule has 0 amide bonds. The van der Waals surface area contributed by atoms with Gasteiger partial charge in [0.2, 0.25) is 0 Å². The lowest BCUT2D eigenvalue weighted by Gasteiger charge is -2.36. The highest BCUT2D eigenvalue weighted by Crippen LogP contribution is 2.26. The molecule has 1 aliphatic heterocycles. The van der Waals surface area contributed by atoms with Gasteiger partial charge in [-0.25, -0.2) is 0 Å². The van der Waals surface area contributed by atoms with Gasteiger partial charge in [-0.3, -0.25) is 9.67 Å². The lowest BCUT2D eigenvalue weighted by Crippen LogP contribution is -2.51. The molecule has 2 aliphatic rings. The molecule has 1 aliphatic carbocycles. The van der Waals surface area contributed by atoms with Gasteiger partial charge in [0.1, 0.15) is 0 Å². The quantitative estimate of drug-likeness (QED) is 0.584. The van der Waals surface area contributed by atoms with E-state index in [1.807, 2.05) is 25.0 Å². The zero-order valence-electron chi connectivity index (χ0n) is 17.5. The summed E-state index contributed by atoms with van der Waals surface area (Å²) in [7, 11) is 8.03. The van der Waals surface area contributed by atoms with Crippen LogP contribution in [-0.4, -0.2) is 78.4 Å². The molecule has 7 nitrogen and oxygen atoms in total. The number of nitrogens with one attached hydrogen (secondary N) is 2. The molecule has 1 atom stereocenters. The van der Waals surface area contributed by atoms with Gasteiger partial charge in [-0.2, -0.15) is 5.10 Å². The van der Waals surface area contributed by atoms with Gasteiger partial charge in [0.15, 0.2) is 5.96 Å². The van der Waals surface area contributed by atoms with Crippen LogP contribution in [0.4, 0.5) is 0 Å². The summed E-state index contributed by atoms with van der Waals surface area (Å²) in [4.78, 5) is 9.38. The predicted octanol–water partition coefficient (Wildman–Crippen LogP) is 1.59. The Morgan fingerprint density at radius 3 is 2.52 bits per heavy atom. The largest absolute Gasteiger partial charge is 0.354 e. The van der Waals surface area contributed by atoms with Gasteiger partial charge in [-0.15, -0.1) is 0 Å². The molecule has 1 aromatic heterocycles. The standard InChI is InChI=1S/C20H37N7/c1-21-20(22-14-19(25(2)3)16-13-23-26(4)15-16)24-17-9-11-27(12-10-17)18-7-5-6-8-18/h13,15,17-19H,5-12,14H2,1-4H3,(H2,21,22,24). The summed E-state index contributed by atoms with van der Waals surface area (Å²) in [6.07, 6.45) is 12.1. The highest BCUT2D eigenvalue weighted by Gasteiger charge is 2.27. The number of likely N-dealkylation sites (N-methyl/N-ethyl adjacent to an activating group) is 1. The Kier molecular flexibility index (Phi) is 7.13. The second-order valence-corrected chi connectivity index (χ2v) is 8.27. The molecule has 1 aromatic rings. The molecule has 7 heteroatoms. The fraction of sp³-hybridized carbons (Fsp3) is 0.800. The summed E-state index contributed by atoms with van der Waals surface area (Å²) in [6, 6.07) is 1.63. The Balaban J connectivity index is 1.46. The molecule has 2 heterocycles. The van der Waals surface area contributed by atoms with Crippen LogP contribution in [0.2, 0.25) is 0 Å². The second kappa shape index (κ2) is 9.55. The maximum atomic E-state index is 4.45. The molecule has 3 rings (SSSR count). The number of piperidine rings is 1. The minimum absolute atomic E-state index is 0.265. The van der Waals surface area contributed by atoms with Gasteiger partial charge in [0, 0.05) is 57.6 Å². The third kappa shape index (κ3) is 5.45. The lowest BCUT2D eigenvalue weighted by molar-refractivity contribution is 0.150. The predicted molar refractivity (Wildman–Crippen MR) is 111 cm³/mol. The van der Waals surface area contributed by atoms with E-state index >= 15 is 0 Å². The molecular formula is C20H37N7. The normalized spacial score (nSPS) is 21.7. The number of hydrogen-bond donors (Lipinski definition) is 2. The first kappa shape index (κ1) is 20.1. The summed E-state index contributed by atoms with van der Waals surface area (Å²) in [6.45, 7) is 3.24. The smallest absolute Gasteiger partial charge is 0.191 e. The molecular weight excluding hydrogens is 338 g/mol. The Morgan fingerprint density at radius 2 is 1.96 bits per heavy atom. The summed E-state index contributed by atoms with van der Waals surface area (Å²) in [5, 5.41) is 11.5. The highest BCUT2D eigenvalue weighted by atomic mass is 15.3. The van der Waals surface area contributed by atoms with Crippen LogP contribution in [0.25, 0.3) is 0 Å². The van der Waals surface area contributed by atoms with Crippen molar-refractivity contribution in [3.8, 4) is 0 Å². The minimum atomic E-state index is 0.265. The van der Waals surface area contributed by atoms with Crippen molar-refractivity contribution in [3.63, 3.8) is 0 Å². The molecule has 152 valence electrons. The molecule has 2 fully saturated rings. The number of guanidine groups is 1. The van der Waals surface area contributed by atoms with Gasteiger partial charge in [0.25, 0.3) is 0 Å². The zero-order chi connectivity index (χ0) is 19.2. The summed E-state index contributed by atoms with van der Waals surface area (Å²) in [5.74, 6) is 0.907. The number of aryl methyl sites for hydroxylation is 1. The van der Waals surface area contributed by atoms with E-state index < -0.39 is 0 Å². The van der Waals surface area contributed by atoms with Crippen LogP contribution in [0.1, 0.15) is 50.1 Å². The first-order valence-corrected chi connectivity index (χ1v) is 10.4. The maximum absolute atomic E-state index is 4.45. The van der Waals surface area contributed by atoms with Crippen molar-refractivity contribution in [2.75, 3.05) is 40.8 Å². The van der Waals surface area contributed by atoms with Gasteiger partial charge in [0.05, 0.1) is 12.2 Å². The number of aromatic nitrogens is 2. The third-order valence-electron chi connectivity index (χ3n) is 6.13. The summed E-state index contributed by atoms with van der Waals surface area (Å²) >= 11 is 0. The molecule has 1 unspecified atom stereocenters. The van der Waals surface area contributed by atoms with E-state index in [2.05, 4.69) is 50.8 Å². The van der Waals surface area contributed by atoms with Gasteiger partial charge in [-0.05, 0) is 39.8 Å². The maximum Gasteiger partial charge on any atom is 0.191 e. The first-order chi connectivity index (χ1) is 13.1. The van der Waals surface area contributed by atoms with Crippen LogP contribution < -0.4 is 10.6 Å². The first-order valence-electron chi connectivity index (χ1n) is 10.4. The second-order valence-electron chi connectivity index (χ2n) is 8.27. The molecule has 0 bridgehead atoms. The molecule has 0 spiro atoms. The minimum Gasteiger partial charge on any atom is -0.354 e. The highest BCUT2D eigenvalue weighted by molar-refractivity contribution is 5.80. The van der Waals surface area contributed by atoms with Crippen LogP contribution >= 0.6 is 0 Å². The van der Waals surface area contributed by atoms with Crippen molar-refractivity contribution in [2.24, 2.45) is 12.0 Å². The average molecular weight is 376 g/mol. The van der Waals surface area contributed by atoms with Crippen LogP contribution in [0, 0.1) is 0 Å². The van der Waals surface area contributed by atoms with Gasteiger partial charge < -0.3 is 20.4 Å². The number of rotatable bonds is 6. The van der Waals surface area contributed by atoms with Crippen molar-refractivity contribution in [2.45, 2.75) is 56.7 Å². The zero-order valence-corrected chi connectivity index (χ0v) is 17.5. The molecule has 2 N–H and O–H groups in total. The molecule has 0 aromatic carbocycles. The topological polar surface area (TPSA) is 60.7 Å². The Labute approximate surface area is 164 Å². The summed E-state index contributed by atoms with van der Waals surface area (Å²) in [5.41, 5.74) is 1.22. The van der Waals surface area contributed by atoms with Crippen LogP contribution in [0.5, 0.6) is 0 Å². The van der Waals surface area contributed by atoms with E-state index in [9.17, 15) is 0 Å². The van der Waals surface area contributed by atoms with Crippen molar-refractivity contribution in [1.29, 1.82) is 0 Å². The number of aliphatic imine (C=N–C) groups is 1. The van der Waals surface area contributed by atoms with E-state index in [1.165, 1.54) is 57.2 Å². The SMILES string of the molecule is CN=C(NCC(c1cnn(C)c1)N(C)C)NC1CCN(C2CCCC2)CC1. The fourth-order valence-electron chi connectivity index (χ4n) is 4.47. The van der Waals surface area contributed by atoms with E-state index in [0.717, 1.165) is 18.5 Å². The number of hydrogen-bond acceptors (Lipinski definition) is 4. The van der Waals surface area contributed by atoms with Crippen molar-refractivity contribution in [1.82, 2.24) is 30.2 Å². The van der Waals surface area contributed by atoms with Gasteiger partial charge in [-0.1, -0.05) is 12.8 Å². The fourth-order valence-corrected chi connectivity index (χ4v) is 4.47. The van der Waals surface area contributed by atoms with E-state index in [-0.39, 0.29) is 6.04 Å². The summed E-state index contributed by atoms with van der Waals surface area (Å²) < 4.78 is 1.86. The van der Waals surface area contributed by atoms with Crippen molar-refractivity contribution >= 4 is 5.96 Å². The molecule has 27 heavy (non-hydrogen) atoms.